The Morgan fingerprint density at radius 2 is 1.70 bits per heavy atom. The van der Waals surface area contributed by atoms with Gasteiger partial charge in [-0.25, -0.2) is 0 Å². The zero-order valence-corrected chi connectivity index (χ0v) is 11.9. The highest BCUT2D eigenvalue weighted by molar-refractivity contribution is 5.85. The van der Waals surface area contributed by atoms with Crippen LogP contribution in [0.15, 0.2) is 12.2 Å². The second-order valence-corrected chi connectivity index (χ2v) is 5.86. The highest BCUT2D eigenvalue weighted by Crippen LogP contribution is 2.30. The summed E-state index contributed by atoms with van der Waals surface area (Å²) >= 11 is 0. The molecule has 4 atom stereocenters. The van der Waals surface area contributed by atoms with E-state index in [2.05, 4.69) is 0 Å². The van der Waals surface area contributed by atoms with Gasteiger partial charge in [0.25, 0.3) is 0 Å². The number of likely N-dealkylation sites (N-methyl/N-ethyl adjacent to an activating group) is 1. The minimum Gasteiger partial charge on any atom is -0.481 e. The Morgan fingerprint density at radius 3 is 2.30 bits per heavy atom. The Balaban J connectivity index is 2.08. The molecule has 0 spiro atoms. The molecule has 2 unspecified atom stereocenters. The maximum atomic E-state index is 12.6. The van der Waals surface area contributed by atoms with Gasteiger partial charge in [-0.05, 0) is 25.7 Å². The standard InChI is InChI=1S/C15H23NO4/c1-16(12-8-4-5-9-13(12)17)14(18)10-6-2-3-7-11(10)15(19)20/h2-3,10-13,17H,4-9H2,1H3,(H,19,20)/t10-,11+,12?,13?/m1/s1. The van der Waals surface area contributed by atoms with Gasteiger partial charge in [-0.2, -0.15) is 0 Å². The molecule has 5 nitrogen and oxygen atoms in total. The fourth-order valence-corrected chi connectivity index (χ4v) is 3.33. The van der Waals surface area contributed by atoms with Crippen LogP contribution in [0.2, 0.25) is 0 Å². The maximum Gasteiger partial charge on any atom is 0.307 e. The molecule has 0 saturated heterocycles. The first kappa shape index (κ1) is 15.0. The van der Waals surface area contributed by atoms with Gasteiger partial charge in [-0.1, -0.05) is 25.0 Å². The second-order valence-electron chi connectivity index (χ2n) is 5.86. The van der Waals surface area contributed by atoms with Crippen LogP contribution in [0.4, 0.5) is 0 Å². The van der Waals surface area contributed by atoms with Gasteiger partial charge in [0, 0.05) is 7.05 Å². The third-order valence-electron chi connectivity index (χ3n) is 4.61. The van der Waals surface area contributed by atoms with E-state index in [0.717, 1.165) is 25.7 Å². The van der Waals surface area contributed by atoms with Crippen molar-refractivity contribution in [3.05, 3.63) is 12.2 Å². The molecule has 1 fully saturated rings. The summed E-state index contributed by atoms with van der Waals surface area (Å²) in [5.41, 5.74) is 0. The first-order chi connectivity index (χ1) is 9.52. The third kappa shape index (κ3) is 3.03. The van der Waals surface area contributed by atoms with E-state index in [-0.39, 0.29) is 11.9 Å². The summed E-state index contributed by atoms with van der Waals surface area (Å²) in [6.45, 7) is 0. The Kier molecular flexibility index (Phi) is 4.81. The predicted octanol–water partition coefficient (Wildman–Crippen LogP) is 1.42. The Morgan fingerprint density at radius 1 is 1.10 bits per heavy atom. The number of carbonyl (C=O) groups is 2. The number of carboxylic acids is 1. The molecule has 2 aliphatic carbocycles. The van der Waals surface area contributed by atoms with Crippen LogP contribution in [0.5, 0.6) is 0 Å². The number of aliphatic carboxylic acids is 1. The molecule has 5 heteroatoms. The minimum atomic E-state index is -0.912. The fraction of sp³-hybridized carbons (Fsp3) is 0.733. The number of amides is 1. The minimum absolute atomic E-state index is 0.146. The molecule has 0 aromatic heterocycles. The predicted molar refractivity (Wildman–Crippen MR) is 74.0 cm³/mol. The SMILES string of the molecule is CN(C(=O)[C@@H]1CC=CC[C@@H]1C(=O)O)C1CCCCC1O. The molecule has 2 N–H and O–H groups in total. The second kappa shape index (κ2) is 6.39. The summed E-state index contributed by atoms with van der Waals surface area (Å²) in [5.74, 6) is -2.20. The zero-order valence-electron chi connectivity index (χ0n) is 11.9. The van der Waals surface area contributed by atoms with E-state index < -0.39 is 23.9 Å². The highest BCUT2D eigenvalue weighted by atomic mass is 16.4. The highest BCUT2D eigenvalue weighted by Gasteiger charge is 2.38. The molecular weight excluding hydrogens is 258 g/mol. The van der Waals surface area contributed by atoms with E-state index in [0.29, 0.717) is 12.8 Å². The molecule has 2 rings (SSSR count). The monoisotopic (exact) mass is 281 g/mol. The topological polar surface area (TPSA) is 77.8 Å². The van der Waals surface area contributed by atoms with Gasteiger partial charge in [-0.3, -0.25) is 9.59 Å². The molecule has 20 heavy (non-hydrogen) atoms. The van der Waals surface area contributed by atoms with Crippen molar-refractivity contribution in [3.8, 4) is 0 Å². The maximum absolute atomic E-state index is 12.6. The quantitative estimate of drug-likeness (QED) is 0.767. The van der Waals surface area contributed by atoms with Crippen LogP contribution in [-0.2, 0) is 9.59 Å². The number of carboxylic acid groups (broad SMARTS) is 1. The van der Waals surface area contributed by atoms with Crippen molar-refractivity contribution in [2.45, 2.75) is 50.7 Å². The van der Waals surface area contributed by atoms with E-state index >= 15 is 0 Å². The number of hydrogen-bond donors (Lipinski definition) is 2. The molecule has 1 saturated carbocycles. The van der Waals surface area contributed by atoms with Crippen molar-refractivity contribution in [1.29, 1.82) is 0 Å². The summed E-state index contributed by atoms with van der Waals surface area (Å²) in [4.78, 5) is 25.4. The van der Waals surface area contributed by atoms with E-state index in [4.69, 9.17) is 0 Å². The smallest absolute Gasteiger partial charge is 0.307 e. The summed E-state index contributed by atoms with van der Waals surface area (Å²) < 4.78 is 0. The number of nitrogens with zero attached hydrogens (tertiary/aromatic N) is 1. The van der Waals surface area contributed by atoms with Crippen molar-refractivity contribution in [2.24, 2.45) is 11.8 Å². The number of allylic oxidation sites excluding steroid dienone is 2. The van der Waals surface area contributed by atoms with Gasteiger partial charge in [0.05, 0.1) is 24.0 Å². The van der Waals surface area contributed by atoms with Crippen LogP contribution in [0.3, 0.4) is 0 Å². The van der Waals surface area contributed by atoms with Crippen molar-refractivity contribution in [3.63, 3.8) is 0 Å². The van der Waals surface area contributed by atoms with Crippen LogP contribution in [-0.4, -0.2) is 46.2 Å². The van der Waals surface area contributed by atoms with E-state index in [1.807, 2.05) is 12.2 Å². The molecule has 0 heterocycles. The number of aliphatic hydroxyl groups excluding tert-OH is 1. The molecule has 112 valence electrons. The normalized spacial score (nSPS) is 33.7. The lowest BCUT2D eigenvalue weighted by atomic mass is 9.81. The Bertz CT molecular complexity index is 407. The number of carbonyl (C=O) groups excluding carboxylic acids is 1. The third-order valence-corrected chi connectivity index (χ3v) is 4.61. The van der Waals surface area contributed by atoms with Gasteiger partial charge in [-0.15, -0.1) is 0 Å². The molecule has 0 aliphatic heterocycles. The summed E-state index contributed by atoms with van der Waals surface area (Å²) in [6, 6.07) is -0.170. The van der Waals surface area contributed by atoms with Gasteiger partial charge >= 0.3 is 5.97 Å². The molecule has 0 radical (unpaired) electrons. The fourth-order valence-electron chi connectivity index (χ4n) is 3.33. The average molecular weight is 281 g/mol. The summed E-state index contributed by atoms with van der Waals surface area (Å²) in [7, 11) is 1.69. The Labute approximate surface area is 119 Å². The molecule has 0 aromatic rings. The van der Waals surface area contributed by atoms with Crippen LogP contribution in [0.25, 0.3) is 0 Å². The lowest BCUT2D eigenvalue weighted by Crippen LogP contribution is -2.50. The molecule has 0 aromatic carbocycles. The van der Waals surface area contributed by atoms with Crippen molar-refractivity contribution >= 4 is 11.9 Å². The van der Waals surface area contributed by atoms with Crippen LogP contribution in [0.1, 0.15) is 38.5 Å². The lowest BCUT2D eigenvalue weighted by molar-refractivity contribution is -0.152. The molecule has 0 bridgehead atoms. The van der Waals surface area contributed by atoms with E-state index in [1.54, 1.807) is 11.9 Å². The van der Waals surface area contributed by atoms with E-state index in [1.165, 1.54) is 0 Å². The van der Waals surface area contributed by atoms with Crippen LogP contribution < -0.4 is 0 Å². The van der Waals surface area contributed by atoms with Gasteiger partial charge in [0.15, 0.2) is 0 Å². The van der Waals surface area contributed by atoms with E-state index in [9.17, 15) is 19.8 Å². The average Bonchev–Trinajstić information content (AvgIpc) is 2.46. The van der Waals surface area contributed by atoms with Crippen molar-refractivity contribution in [1.82, 2.24) is 4.90 Å². The molecule has 2 aliphatic rings. The van der Waals surface area contributed by atoms with Crippen LogP contribution >= 0.6 is 0 Å². The van der Waals surface area contributed by atoms with Crippen LogP contribution in [0, 0.1) is 11.8 Å². The molecular formula is C15H23NO4. The van der Waals surface area contributed by atoms with Crippen molar-refractivity contribution in [2.75, 3.05) is 7.05 Å². The van der Waals surface area contributed by atoms with Crippen molar-refractivity contribution < 1.29 is 19.8 Å². The first-order valence-electron chi connectivity index (χ1n) is 7.35. The number of hydrogen-bond acceptors (Lipinski definition) is 3. The van der Waals surface area contributed by atoms with Gasteiger partial charge < -0.3 is 15.1 Å². The number of aliphatic hydroxyl groups is 1. The summed E-state index contributed by atoms with van der Waals surface area (Å²) in [6.07, 6.45) is 7.62. The molecule has 1 amide bonds. The Hall–Kier alpha value is -1.36. The summed E-state index contributed by atoms with van der Waals surface area (Å²) in [5, 5.41) is 19.3. The van der Waals surface area contributed by atoms with Gasteiger partial charge in [0.2, 0.25) is 5.91 Å². The van der Waals surface area contributed by atoms with Gasteiger partial charge in [0.1, 0.15) is 0 Å². The largest absolute Gasteiger partial charge is 0.481 e. The zero-order chi connectivity index (χ0) is 14.7. The lowest BCUT2D eigenvalue weighted by Gasteiger charge is -2.38. The number of rotatable bonds is 3. The first-order valence-corrected chi connectivity index (χ1v) is 7.35.